The highest BCUT2D eigenvalue weighted by Crippen LogP contribution is 2.23. The van der Waals surface area contributed by atoms with Crippen LogP contribution in [0.4, 0.5) is 4.39 Å². The van der Waals surface area contributed by atoms with Crippen molar-refractivity contribution >= 4 is 0 Å². The Morgan fingerprint density at radius 3 is 3.16 bits per heavy atom. The number of aromatic nitrogens is 5. The number of nitrogens with zero attached hydrogens (tertiary/aromatic N) is 5. The summed E-state index contributed by atoms with van der Waals surface area (Å²) in [5, 5.41) is 15.7. The molecule has 0 spiro atoms. The van der Waals surface area contributed by atoms with E-state index in [0.717, 1.165) is 24.9 Å². The van der Waals surface area contributed by atoms with Crippen LogP contribution in [0.15, 0.2) is 35.0 Å². The first-order chi connectivity index (χ1) is 12.3. The standard InChI is InChI=1S/C17H19FN6O/c18-13-6-4-5-12(9-13)10-24-11-15(21-23-24)17-20-16(22-25-17)14-7-2-1-3-8-19-14/h4-6,9,11,14,19H,1-3,7-8,10H2/t14-/m0/s1. The van der Waals surface area contributed by atoms with E-state index < -0.39 is 0 Å². The lowest BCUT2D eigenvalue weighted by Crippen LogP contribution is -2.21. The molecule has 3 heterocycles. The molecule has 1 atom stereocenters. The van der Waals surface area contributed by atoms with Gasteiger partial charge in [0.1, 0.15) is 5.82 Å². The second-order valence-electron chi connectivity index (χ2n) is 6.25. The van der Waals surface area contributed by atoms with Gasteiger partial charge in [0.15, 0.2) is 11.5 Å². The maximum Gasteiger partial charge on any atom is 0.280 e. The van der Waals surface area contributed by atoms with Gasteiger partial charge in [-0.05, 0) is 37.1 Å². The summed E-state index contributed by atoms with van der Waals surface area (Å²) in [5.74, 6) is 0.749. The molecule has 1 aliphatic heterocycles. The molecule has 25 heavy (non-hydrogen) atoms. The molecule has 2 aromatic heterocycles. The van der Waals surface area contributed by atoms with Crippen molar-refractivity contribution in [2.24, 2.45) is 0 Å². The summed E-state index contributed by atoms with van der Waals surface area (Å²) in [6.07, 6.45) is 6.29. The highest BCUT2D eigenvalue weighted by atomic mass is 19.1. The van der Waals surface area contributed by atoms with Crippen LogP contribution in [0.3, 0.4) is 0 Å². The van der Waals surface area contributed by atoms with E-state index in [-0.39, 0.29) is 11.9 Å². The fourth-order valence-corrected chi connectivity index (χ4v) is 3.03. The van der Waals surface area contributed by atoms with Crippen LogP contribution in [0.5, 0.6) is 0 Å². The predicted octanol–water partition coefficient (Wildman–Crippen LogP) is 2.72. The van der Waals surface area contributed by atoms with Crippen molar-refractivity contribution in [1.82, 2.24) is 30.5 Å². The fraction of sp³-hybridized carbons (Fsp3) is 0.412. The highest BCUT2D eigenvalue weighted by Gasteiger charge is 2.21. The molecule has 0 bridgehead atoms. The SMILES string of the molecule is Fc1cccc(Cn2cc(-c3nc([C@@H]4CCCCCN4)no3)nn2)c1. The first kappa shape index (κ1) is 15.9. The number of hydrogen-bond acceptors (Lipinski definition) is 6. The molecule has 3 aromatic rings. The van der Waals surface area contributed by atoms with Gasteiger partial charge in [-0.25, -0.2) is 9.07 Å². The smallest absolute Gasteiger partial charge is 0.280 e. The largest absolute Gasteiger partial charge is 0.332 e. The van der Waals surface area contributed by atoms with Gasteiger partial charge in [-0.2, -0.15) is 4.98 Å². The van der Waals surface area contributed by atoms with Crippen LogP contribution >= 0.6 is 0 Å². The van der Waals surface area contributed by atoms with Crippen molar-refractivity contribution in [3.05, 3.63) is 47.7 Å². The Morgan fingerprint density at radius 2 is 2.24 bits per heavy atom. The van der Waals surface area contributed by atoms with Gasteiger partial charge in [-0.3, -0.25) is 0 Å². The zero-order valence-corrected chi connectivity index (χ0v) is 13.7. The van der Waals surface area contributed by atoms with E-state index in [1.165, 1.54) is 25.0 Å². The molecule has 1 N–H and O–H groups in total. The minimum absolute atomic E-state index is 0.127. The summed E-state index contributed by atoms with van der Waals surface area (Å²) in [7, 11) is 0. The fourth-order valence-electron chi connectivity index (χ4n) is 3.03. The molecule has 0 aliphatic carbocycles. The third-order valence-electron chi connectivity index (χ3n) is 4.31. The van der Waals surface area contributed by atoms with Gasteiger partial charge in [0.25, 0.3) is 5.89 Å². The summed E-state index contributed by atoms with van der Waals surface area (Å²) in [4.78, 5) is 4.46. The van der Waals surface area contributed by atoms with Crippen LogP contribution < -0.4 is 5.32 Å². The second-order valence-corrected chi connectivity index (χ2v) is 6.25. The van der Waals surface area contributed by atoms with E-state index in [4.69, 9.17) is 4.52 Å². The summed E-state index contributed by atoms with van der Waals surface area (Å²) in [6.45, 7) is 1.40. The van der Waals surface area contributed by atoms with Crippen molar-refractivity contribution < 1.29 is 8.91 Å². The minimum Gasteiger partial charge on any atom is -0.332 e. The maximum atomic E-state index is 13.3. The van der Waals surface area contributed by atoms with Gasteiger partial charge < -0.3 is 9.84 Å². The molecule has 1 fully saturated rings. The van der Waals surface area contributed by atoms with Crippen molar-refractivity contribution in [2.75, 3.05) is 6.54 Å². The molecular formula is C17H19FN6O. The van der Waals surface area contributed by atoms with Crippen molar-refractivity contribution in [1.29, 1.82) is 0 Å². The molecule has 8 heteroatoms. The molecule has 0 saturated carbocycles. The first-order valence-corrected chi connectivity index (χ1v) is 8.50. The zero-order valence-electron chi connectivity index (χ0n) is 13.7. The molecule has 7 nitrogen and oxygen atoms in total. The van der Waals surface area contributed by atoms with Gasteiger partial charge in [-0.1, -0.05) is 35.3 Å². The highest BCUT2D eigenvalue weighted by molar-refractivity contribution is 5.43. The monoisotopic (exact) mass is 342 g/mol. The Kier molecular flexibility index (Phi) is 4.51. The third-order valence-corrected chi connectivity index (χ3v) is 4.31. The number of benzene rings is 1. The number of hydrogen-bond donors (Lipinski definition) is 1. The van der Waals surface area contributed by atoms with Crippen LogP contribution in [0.1, 0.15) is 43.1 Å². The second kappa shape index (κ2) is 7.10. The van der Waals surface area contributed by atoms with Crippen molar-refractivity contribution in [3.63, 3.8) is 0 Å². The summed E-state index contributed by atoms with van der Waals surface area (Å²) in [5.41, 5.74) is 1.33. The molecule has 4 rings (SSSR count). The normalized spacial score (nSPS) is 18.2. The molecule has 1 aliphatic rings. The minimum atomic E-state index is -0.268. The van der Waals surface area contributed by atoms with E-state index in [1.54, 1.807) is 16.9 Å². The Hall–Kier alpha value is -2.61. The lowest BCUT2D eigenvalue weighted by molar-refractivity contribution is 0.401. The van der Waals surface area contributed by atoms with Gasteiger partial charge in [-0.15, -0.1) is 5.10 Å². The molecule has 1 saturated heterocycles. The topological polar surface area (TPSA) is 81.7 Å². The van der Waals surface area contributed by atoms with Crippen LogP contribution in [-0.4, -0.2) is 31.7 Å². The van der Waals surface area contributed by atoms with Crippen LogP contribution in [-0.2, 0) is 6.54 Å². The average molecular weight is 342 g/mol. The van der Waals surface area contributed by atoms with E-state index in [2.05, 4.69) is 25.8 Å². The van der Waals surface area contributed by atoms with E-state index in [1.807, 2.05) is 6.07 Å². The van der Waals surface area contributed by atoms with Crippen molar-refractivity contribution in [3.8, 4) is 11.6 Å². The average Bonchev–Trinajstić information content (AvgIpc) is 3.18. The van der Waals surface area contributed by atoms with Crippen molar-refractivity contribution in [2.45, 2.75) is 38.3 Å². The Morgan fingerprint density at radius 1 is 1.28 bits per heavy atom. The lowest BCUT2D eigenvalue weighted by Gasteiger charge is -2.09. The van der Waals surface area contributed by atoms with E-state index in [9.17, 15) is 4.39 Å². The van der Waals surface area contributed by atoms with Gasteiger partial charge in [0, 0.05) is 0 Å². The number of halogens is 1. The summed E-state index contributed by atoms with van der Waals surface area (Å²) in [6, 6.07) is 6.53. The molecule has 0 radical (unpaired) electrons. The maximum absolute atomic E-state index is 13.3. The van der Waals surface area contributed by atoms with Crippen LogP contribution in [0.25, 0.3) is 11.6 Å². The number of rotatable bonds is 4. The van der Waals surface area contributed by atoms with Crippen LogP contribution in [0.2, 0.25) is 0 Å². The summed E-state index contributed by atoms with van der Waals surface area (Å²) >= 11 is 0. The van der Waals surface area contributed by atoms with Gasteiger partial charge in [0.05, 0.1) is 18.8 Å². The lowest BCUT2D eigenvalue weighted by atomic mass is 10.1. The molecule has 0 amide bonds. The Balaban J connectivity index is 1.48. The predicted molar refractivity (Wildman–Crippen MR) is 88.0 cm³/mol. The first-order valence-electron chi connectivity index (χ1n) is 8.50. The Bertz CT molecular complexity index is 837. The van der Waals surface area contributed by atoms with Crippen LogP contribution in [0, 0.1) is 5.82 Å². The van der Waals surface area contributed by atoms with E-state index >= 15 is 0 Å². The van der Waals surface area contributed by atoms with Gasteiger partial charge in [0.2, 0.25) is 0 Å². The zero-order chi connectivity index (χ0) is 17.1. The molecule has 0 unspecified atom stereocenters. The Labute approximate surface area is 144 Å². The number of nitrogens with one attached hydrogen (secondary N) is 1. The van der Waals surface area contributed by atoms with Gasteiger partial charge >= 0.3 is 0 Å². The summed E-state index contributed by atoms with van der Waals surface area (Å²) < 4.78 is 20.2. The third kappa shape index (κ3) is 3.74. The van der Waals surface area contributed by atoms with E-state index in [0.29, 0.717) is 24.0 Å². The quantitative estimate of drug-likeness (QED) is 0.785. The molecular weight excluding hydrogens is 323 g/mol. The molecule has 130 valence electrons. The molecule has 1 aromatic carbocycles.